The number of benzene rings is 3. The third-order valence-electron chi connectivity index (χ3n) is 19.2. The molecule has 23 heteroatoms. The van der Waals surface area contributed by atoms with Gasteiger partial charge in [0.15, 0.2) is 34.8 Å². The van der Waals surface area contributed by atoms with E-state index in [2.05, 4.69) is 62.8 Å². The van der Waals surface area contributed by atoms with E-state index in [-0.39, 0.29) is 55.7 Å². The lowest BCUT2D eigenvalue weighted by molar-refractivity contribution is 0.103. The summed E-state index contributed by atoms with van der Waals surface area (Å²) in [5.74, 6) is -5.06. The van der Waals surface area contributed by atoms with Crippen LogP contribution in [0.4, 0.5) is 17.6 Å². The molecule has 97 heavy (non-hydrogen) atoms. The predicted molar refractivity (Wildman–Crippen MR) is 397 cm³/mol. The zero-order chi connectivity index (χ0) is 67.3. The molecule has 0 saturated carbocycles. The van der Waals surface area contributed by atoms with Gasteiger partial charge in [0.05, 0.1) is 62.0 Å². The van der Waals surface area contributed by atoms with Gasteiger partial charge in [-0.05, 0) is 121 Å². The van der Waals surface area contributed by atoms with Crippen LogP contribution in [0.5, 0.6) is 0 Å². The minimum absolute atomic E-state index is 0.00286. The quantitative estimate of drug-likeness (QED) is 0.0524. The third kappa shape index (κ3) is 9.70. The first-order valence-electron chi connectivity index (χ1n) is 31.7. The minimum atomic E-state index is -1.18. The Bertz CT molecular complexity index is 5710. The highest BCUT2D eigenvalue weighted by molar-refractivity contribution is 7.38. The van der Waals surface area contributed by atoms with Crippen molar-refractivity contribution < 1.29 is 27.2 Å². The van der Waals surface area contributed by atoms with E-state index in [4.69, 9.17) is 8.75 Å². The molecule has 2 aliphatic carbocycles. The van der Waals surface area contributed by atoms with Crippen molar-refractivity contribution in [3.8, 4) is 43.8 Å². The van der Waals surface area contributed by atoms with Crippen molar-refractivity contribution in [1.82, 2.24) is 17.9 Å². The van der Waals surface area contributed by atoms with Crippen LogP contribution in [0.15, 0.2) is 70.8 Å². The van der Waals surface area contributed by atoms with Crippen molar-refractivity contribution in [2.75, 3.05) is 0 Å². The molecule has 0 fully saturated rings. The molecule has 11 heterocycles. The Balaban J connectivity index is 0.851. The van der Waals surface area contributed by atoms with Crippen LogP contribution in [0, 0.1) is 94.3 Å². The van der Waals surface area contributed by atoms with E-state index in [1.54, 1.807) is 34.8 Å². The molecule has 2 atom stereocenters. The number of hydrogen-bond donors (Lipinski definition) is 0. The maximum atomic E-state index is 14.6. The van der Waals surface area contributed by atoms with Crippen LogP contribution >= 0.6 is 102 Å². The van der Waals surface area contributed by atoms with Crippen molar-refractivity contribution in [3.05, 3.63) is 137 Å². The number of hydrogen-bond acceptors (Lipinski definition) is 17. The average Bonchev–Trinajstić information content (AvgIpc) is 1.50. The highest BCUT2D eigenvalue weighted by Gasteiger charge is 2.38. The summed E-state index contributed by atoms with van der Waals surface area (Å²) in [5.41, 5.74) is 8.45. The smallest absolute Gasteiger partial charge is 0.194 e. The Morgan fingerprint density at radius 1 is 0.485 bits per heavy atom. The lowest BCUT2D eigenvalue weighted by Crippen LogP contribution is -2.13. The summed E-state index contributed by atoms with van der Waals surface area (Å²) >= 11 is 14.9. The molecular weight excluding hydrogens is 1400 g/mol. The van der Waals surface area contributed by atoms with Crippen molar-refractivity contribution in [3.63, 3.8) is 0 Å². The number of allylic oxidation sites excluding steroid dienone is 6. The number of thiophene rings is 8. The van der Waals surface area contributed by atoms with E-state index in [1.807, 2.05) is 81.8 Å². The normalized spacial score (nSPS) is 14.8. The summed E-state index contributed by atoms with van der Waals surface area (Å²) in [7, 11) is 0. The summed E-state index contributed by atoms with van der Waals surface area (Å²) in [6.45, 7) is 15.3. The first-order valence-corrected chi connectivity index (χ1v) is 39.0. The number of carbonyl (C=O) groups is 2. The van der Waals surface area contributed by atoms with E-state index in [0.717, 1.165) is 139 Å². The van der Waals surface area contributed by atoms with Gasteiger partial charge in [-0.3, -0.25) is 9.59 Å². The van der Waals surface area contributed by atoms with Gasteiger partial charge in [-0.1, -0.05) is 66.2 Å². The number of unbranched alkanes of at least 4 members (excludes halogenated alkanes) is 2. The number of aryl methyl sites for hydroxylation is 2. The molecule has 0 aliphatic heterocycles. The molecule has 3 aromatic carbocycles. The molecule has 0 bridgehead atoms. The monoisotopic (exact) mass is 1450 g/mol. The van der Waals surface area contributed by atoms with Crippen molar-refractivity contribution in [1.29, 1.82) is 21.0 Å². The second-order valence-corrected chi connectivity index (χ2v) is 33.8. The molecular formula is C74H50F4N8O2S9. The Morgan fingerprint density at radius 3 is 1.23 bits per heavy atom. The fourth-order valence-electron chi connectivity index (χ4n) is 14.4. The lowest BCUT2D eigenvalue weighted by Gasteiger charge is -2.20. The van der Waals surface area contributed by atoms with Gasteiger partial charge in [0, 0.05) is 105 Å². The zero-order valence-electron chi connectivity index (χ0n) is 52.6. The van der Waals surface area contributed by atoms with Crippen LogP contribution in [0.25, 0.3) is 134 Å². The molecule has 0 amide bonds. The Morgan fingerprint density at radius 2 is 0.866 bits per heavy atom. The number of halogens is 4. The highest BCUT2D eigenvalue weighted by Crippen LogP contribution is 2.58. The van der Waals surface area contributed by atoms with Crippen molar-refractivity contribution >= 4 is 228 Å². The van der Waals surface area contributed by atoms with Crippen LogP contribution in [0.2, 0.25) is 0 Å². The summed E-state index contributed by atoms with van der Waals surface area (Å²) in [6.07, 6.45) is 12.0. The fraction of sp³-hybridized carbons (Fsp3) is 0.243. The van der Waals surface area contributed by atoms with Crippen molar-refractivity contribution in [2.24, 2.45) is 11.8 Å². The Hall–Kier alpha value is -8.30. The molecule has 0 spiro atoms. The number of nitrogens with zero attached hydrogens (tertiary/aromatic N) is 8. The standard InChI is InChI=1S/C74H50F4N8O2S9/c1-7-11-13-33(9-3)29-85-61-57(71-63(85)73-69(95-71)31(5)67(93-73)53-23-51-49(91-53)17-37(89-51)15-43-55(35(25-79)26-80)39-19-45(75)47(77)21-41(39)65(43)87)59-60(84-97-83-59)58-62(61)86(30-34(10-4)14-12-8-2)64-72(58)96-70-32(6)68(94-74(64)70)54-24-52-50(92-54)18-38(90-52)16-44-56(36(27-81)28-82)40-20-46(76)48(78)22-42(40)66(44)88/h15-24,33-34H,7-14,29-30H2,1-6H3/b43-15-,44-16-. The third-order valence-corrected chi connectivity index (χ3v) is 30.1. The summed E-state index contributed by atoms with van der Waals surface area (Å²) in [5, 5.41) is 42.1. The molecule has 0 radical (unpaired) electrons. The van der Waals surface area contributed by atoms with Gasteiger partial charge < -0.3 is 9.13 Å². The molecule has 10 nitrogen and oxygen atoms in total. The van der Waals surface area contributed by atoms with Gasteiger partial charge in [-0.25, -0.2) is 17.6 Å². The first-order chi connectivity index (χ1) is 47.0. The zero-order valence-corrected chi connectivity index (χ0v) is 59.9. The number of Topliss-reactive ketones (excluding diaryl/α,β-unsaturated/α-hetero) is 2. The Labute approximate surface area is 588 Å². The molecule has 0 saturated heterocycles. The lowest BCUT2D eigenvalue weighted by atomic mass is 9.99. The number of carbonyl (C=O) groups excluding carboxylic acids is 2. The Kier molecular flexibility index (Phi) is 15.9. The van der Waals surface area contributed by atoms with Gasteiger partial charge in [-0.2, -0.15) is 29.8 Å². The summed E-state index contributed by atoms with van der Waals surface area (Å²) in [6, 6.07) is 19.3. The van der Waals surface area contributed by atoms with Crippen LogP contribution in [0.3, 0.4) is 0 Å². The minimum Gasteiger partial charge on any atom is -0.337 e. The molecule has 2 aliphatic rings. The SMILES string of the molecule is CCCCC(CC)Cn1c2c3sc(-c4cc5sc(/C=C6\C(=O)c7cc(F)c(F)cc7C6=C(C#N)C#N)cc5s4)c(C)c3sc2c2c3nsnc3c3c4sc5c(C)c(-c6cc7sc(/C=C8\C(=O)c9cc(F)c(F)cc9C8=C(C#N)C#N)cc7s6)sc5c4n(CC(CC)CCCC)c3c21. The fourth-order valence-corrected chi connectivity index (χ4v) is 25.7. The van der Waals surface area contributed by atoms with Gasteiger partial charge in [-0.15, -0.1) is 90.7 Å². The van der Waals surface area contributed by atoms with Crippen LogP contribution in [0.1, 0.15) is 132 Å². The largest absolute Gasteiger partial charge is 0.337 e. The van der Waals surface area contributed by atoms with Crippen molar-refractivity contribution in [2.45, 2.75) is 106 Å². The maximum absolute atomic E-state index is 14.6. The number of rotatable bonds is 16. The van der Waals surface area contributed by atoms with Gasteiger partial charge >= 0.3 is 0 Å². The van der Waals surface area contributed by atoms with E-state index >= 15 is 0 Å². The molecule has 480 valence electrons. The number of aromatic nitrogens is 4. The van der Waals surface area contributed by atoms with Crippen LogP contribution in [-0.4, -0.2) is 29.4 Å². The average molecular weight is 1450 g/mol. The number of ketones is 2. The number of fused-ring (bicyclic) bond motifs is 18. The topological polar surface area (TPSA) is 165 Å². The van der Waals surface area contributed by atoms with Gasteiger partial charge in [0.25, 0.3) is 0 Å². The van der Waals surface area contributed by atoms with Gasteiger partial charge in [0.1, 0.15) is 46.5 Å². The molecule has 0 N–H and O–H groups in total. The van der Waals surface area contributed by atoms with Gasteiger partial charge in [0.2, 0.25) is 0 Å². The van der Waals surface area contributed by atoms with E-state index in [0.29, 0.717) is 21.6 Å². The van der Waals surface area contributed by atoms with E-state index < -0.39 is 34.8 Å². The molecule has 11 aromatic heterocycles. The number of nitriles is 4. The summed E-state index contributed by atoms with van der Waals surface area (Å²) < 4.78 is 85.6. The van der Waals surface area contributed by atoms with Crippen LogP contribution in [-0.2, 0) is 13.1 Å². The first kappa shape index (κ1) is 63.4. The van der Waals surface area contributed by atoms with Crippen LogP contribution < -0.4 is 0 Å². The van der Waals surface area contributed by atoms with E-state index in [1.165, 1.54) is 106 Å². The molecule has 14 aromatic rings. The maximum Gasteiger partial charge on any atom is 0.194 e. The second-order valence-electron chi connectivity index (χ2n) is 24.8. The second kappa shape index (κ2) is 24.3. The summed E-state index contributed by atoms with van der Waals surface area (Å²) in [4.78, 5) is 33.7. The molecule has 16 rings (SSSR count). The van der Waals surface area contributed by atoms with E-state index in [9.17, 15) is 48.2 Å². The predicted octanol–water partition coefficient (Wildman–Crippen LogP) is 24.1. The highest BCUT2D eigenvalue weighted by atomic mass is 32.1. The molecule has 2 unspecified atom stereocenters.